The number of carbonyl (C=O) groups excluding carboxylic acids is 1. The Morgan fingerprint density at radius 2 is 2.36 bits per heavy atom. The van der Waals surface area contributed by atoms with Crippen molar-refractivity contribution in [3.8, 4) is 6.07 Å². The molecule has 0 radical (unpaired) electrons. The highest BCUT2D eigenvalue weighted by atomic mass is 19.1. The van der Waals surface area contributed by atoms with E-state index in [1.165, 1.54) is 18.7 Å². The predicted molar refractivity (Wildman–Crippen MR) is 49.2 cm³/mol. The van der Waals surface area contributed by atoms with E-state index in [2.05, 4.69) is 5.32 Å². The van der Waals surface area contributed by atoms with Crippen LogP contribution in [0.2, 0.25) is 0 Å². The van der Waals surface area contributed by atoms with E-state index in [1.807, 2.05) is 6.07 Å². The molecule has 1 atom stereocenters. The van der Waals surface area contributed by atoms with Gasteiger partial charge in [0.05, 0.1) is 6.07 Å². The molecule has 1 fully saturated rings. The summed E-state index contributed by atoms with van der Waals surface area (Å²) in [6.07, 6.45) is 0. The molecule has 1 aliphatic heterocycles. The standard InChI is InChI=1S/C9H14FN3O/c1-9(2,10)8(14)13-4-3-12-6-7(13)5-11/h7,12H,3-4,6H2,1-2H3. The third-order valence-corrected chi connectivity index (χ3v) is 2.16. The van der Waals surface area contributed by atoms with E-state index < -0.39 is 17.6 Å². The minimum absolute atomic E-state index is 0.393. The Kier molecular flexibility index (Phi) is 3.06. The summed E-state index contributed by atoms with van der Waals surface area (Å²) < 4.78 is 13.4. The van der Waals surface area contributed by atoms with E-state index in [9.17, 15) is 9.18 Å². The average Bonchev–Trinajstić information content (AvgIpc) is 2.15. The zero-order chi connectivity index (χ0) is 10.8. The number of nitrogens with one attached hydrogen (secondary N) is 1. The fourth-order valence-corrected chi connectivity index (χ4v) is 1.40. The molecule has 1 heterocycles. The van der Waals surface area contributed by atoms with Crippen molar-refractivity contribution in [1.29, 1.82) is 5.26 Å². The fraction of sp³-hybridized carbons (Fsp3) is 0.778. The molecule has 1 unspecified atom stereocenters. The van der Waals surface area contributed by atoms with Crippen molar-refractivity contribution in [2.75, 3.05) is 19.6 Å². The van der Waals surface area contributed by atoms with Gasteiger partial charge in [0.2, 0.25) is 0 Å². The van der Waals surface area contributed by atoms with Gasteiger partial charge in [-0.25, -0.2) is 4.39 Å². The van der Waals surface area contributed by atoms with Crippen LogP contribution < -0.4 is 5.32 Å². The number of nitriles is 1. The van der Waals surface area contributed by atoms with Gasteiger partial charge >= 0.3 is 0 Å². The van der Waals surface area contributed by atoms with Crippen molar-refractivity contribution in [3.63, 3.8) is 0 Å². The average molecular weight is 199 g/mol. The normalized spacial score (nSPS) is 23.0. The van der Waals surface area contributed by atoms with Crippen molar-refractivity contribution in [1.82, 2.24) is 10.2 Å². The number of amides is 1. The molecule has 0 aromatic rings. The molecular formula is C9H14FN3O. The summed E-state index contributed by atoms with van der Waals surface area (Å²) in [7, 11) is 0. The zero-order valence-electron chi connectivity index (χ0n) is 8.38. The second-order valence-electron chi connectivity index (χ2n) is 3.82. The summed E-state index contributed by atoms with van der Waals surface area (Å²) in [5.41, 5.74) is -1.90. The van der Waals surface area contributed by atoms with Crippen molar-refractivity contribution in [2.45, 2.75) is 25.6 Å². The van der Waals surface area contributed by atoms with Gasteiger partial charge in [0, 0.05) is 19.6 Å². The molecular weight excluding hydrogens is 185 g/mol. The maximum atomic E-state index is 13.4. The predicted octanol–water partition coefficient (Wildman–Crippen LogP) is 0.0585. The van der Waals surface area contributed by atoms with Crippen molar-refractivity contribution in [2.24, 2.45) is 0 Å². The van der Waals surface area contributed by atoms with Crippen LogP contribution in [0, 0.1) is 11.3 Å². The smallest absolute Gasteiger partial charge is 0.260 e. The van der Waals surface area contributed by atoms with Crippen LogP contribution in [0.5, 0.6) is 0 Å². The molecule has 1 amide bonds. The maximum Gasteiger partial charge on any atom is 0.260 e. The van der Waals surface area contributed by atoms with Crippen LogP contribution in [-0.2, 0) is 4.79 Å². The monoisotopic (exact) mass is 199 g/mol. The SMILES string of the molecule is CC(C)(F)C(=O)N1CCNCC1C#N. The Bertz CT molecular complexity index is 266. The summed E-state index contributed by atoms with van der Waals surface area (Å²) in [6, 6.07) is 1.43. The highest BCUT2D eigenvalue weighted by Crippen LogP contribution is 2.15. The van der Waals surface area contributed by atoms with E-state index in [4.69, 9.17) is 5.26 Å². The summed E-state index contributed by atoms with van der Waals surface area (Å²) >= 11 is 0. The molecule has 0 aromatic carbocycles. The Labute approximate surface area is 82.7 Å². The number of halogens is 1. The van der Waals surface area contributed by atoms with Crippen LogP contribution in [-0.4, -0.2) is 42.2 Å². The minimum atomic E-state index is -1.90. The van der Waals surface area contributed by atoms with E-state index in [1.54, 1.807) is 0 Å². The molecule has 1 aliphatic rings. The molecule has 0 bridgehead atoms. The lowest BCUT2D eigenvalue weighted by molar-refractivity contribution is -0.143. The highest BCUT2D eigenvalue weighted by Gasteiger charge is 2.36. The molecule has 1 rings (SSSR count). The van der Waals surface area contributed by atoms with Crippen LogP contribution in [0.15, 0.2) is 0 Å². The van der Waals surface area contributed by atoms with E-state index in [0.717, 1.165) is 0 Å². The summed E-state index contributed by atoms with van der Waals surface area (Å²) in [4.78, 5) is 12.9. The fourth-order valence-electron chi connectivity index (χ4n) is 1.40. The third-order valence-electron chi connectivity index (χ3n) is 2.16. The van der Waals surface area contributed by atoms with Crippen LogP contribution in [0.3, 0.4) is 0 Å². The lowest BCUT2D eigenvalue weighted by Crippen LogP contribution is -2.56. The summed E-state index contributed by atoms with van der Waals surface area (Å²) in [6.45, 7) is 3.85. The Morgan fingerprint density at radius 3 is 2.86 bits per heavy atom. The molecule has 14 heavy (non-hydrogen) atoms. The molecule has 0 aliphatic carbocycles. The van der Waals surface area contributed by atoms with E-state index in [-0.39, 0.29) is 0 Å². The molecule has 78 valence electrons. The quantitative estimate of drug-likeness (QED) is 0.649. The second-order valence-corrected chi connectivity index (χ2v) is 3.82. The number of alkyl halides is 1. The van der Waals surface area contributed by atoms with E-state index >= 15 is 0 Å². The maximum absolute atomic E-state index is 13.4. The third kappa shape index (κ3) is 2.20. The lowest BCUT2D eigenvalue weighted by Gasteiger charge is -2.34. The molecule has 4 nitrogen and oxygen atoms in total. The van der Waals surface area contributed by atoms with Gasteiger partial charge in [-0.15, -0.1) is 0 Å². The molecule has 0 saturated carbocycles. The highest BCUT2D eigenvalue weighted by molar-refractivity contribution is 5.84. The van der Waals surface area contributed by atoms with Gasteiger partial charge in [-0.2, -0.15) is 5.26 Å². The first kappa shape index (κ1) is 10.9. The molecule has 0 aromatic heterocycles. The molecule has 0 spiro atoms. The van der Waals surface area contributed by atoms with Gasteiger partial charge in [0.15, 0.2) is 5.67 Å². The van der Waals surface area contributed by atoms with Crippen LogP contribution in [0.4, 0.5) is 4.39 Å². The Morgan fingerprint density at radius 1 is 1.71 bits per heavy atom. The van der Waals surface area contributed by atoms with Gasteiger partial charge < -0.3 is 10.2 Å². The Balaban J connectivity index is 2.75. The number of rotatable bonds is 1. The van der Waals surface area contributed by atoms with Crippen molar-refractivity contribution < 1.29 is 9.18 Å². The first-order chi connectivity index (χ1) is 6.46. The topological polar surface area (TPSA) is 56.1 Å². The summed E-state index contributed by atoms with van der Waals surface area (Å²) in [5.74, 6) is -0.606. The summed E-state index contributed by atoms with van der Waals surface area (Å²) in [5, 5.41) is 11.8. The molecule has 5 heteroatoms. The van der Waals surface area contributed by atoms with Crippen molar-refractivity contribution >= 4 is 5.91 Å². The minimum Gasteiger partial charge on any atom is -0.321 e. The number of hydrogen-bond donors (Lipinski definition) is 1. The van der Waals surface area contributed by atoms with E-state index in [0.29, 0.717) is 19.6 Å². The van der Waals surface area contributed by atoms with Crippen LogP contribution >= 0.6 is 0 Å². The van der Waals surface area contributed by atoms with Gasteiger partial charge in [-0.05, 0) is 13.8 Å². The van der Waals surface area contributed by atoms with Crippen molar-refractivity contribution in [3.05, 3.63) is 0 Å². The Hall–Kier alpha value is -1.15. The largest absolute Gasteiger partial charge is 0.321 e. The zero-order valence-corrected chi connectivity index (χ0v) is 8.38. The number of nitrogens with zero attached hydrogens (tertiary/aromatic N) is 2. The lowest BCUT2D eigenvalue weighted by atomic mass is 10.1. The van der Waals surface area contributed by atoms with Crippen LogP contribution in [0.25, 0.3) is 0 Å². The molecule has 1 saturated heterocycles. The number of hydrogen-bond acceptors (Lipinski definition) is 3. The first-order valence-electron chi connectivity index (χ1n) is 4.57. The number of carbonyl (C=O) groups is 1. The van der Waals surface area contributed by atoms with Gasteiger partial charge in [-0.1, -0.05) is 0 Å². The molecule has 1 N–H and O–H groups in total. The van der Waals surface area contributed by atoms with Gasteiger partial charge in [0.25, 0.3) is 5.91 Å². The van der Waals surface area contributed by atoms with Crippen LogP contribution in [0.1, 0.15) is 13.8 Å². The van der Waals surface area contributed by atoms with Gasteiger partial charge in [-0.3, -0.25) is 4.79 Å². The van der Waals surface area contributed by atoms with Gasteiger partial charge in [0.1, 0.15) is 6.04 Å². The second kappa shape index (κ2) is 3.93. The number of piperazine rings is 1. The first-order valence-corrected chi connectivity index (χ1v) is 4.57.